The van der Waals surface area contributed by atoms with Gasteiger partial charge in [-0.1, -0.05) is 6.07 Å². The second kappa shape index (κ2) is 6.27. The van der Waals surface area contributed by atoms with Crippen molar-refractivity contribution in [3.63, 3.8) is 0 Å². The van der Waals surface area contributed by atoms with E-state index >= 15 is 0 Å². The lowest BCUT2D eigenvalue weighted by Crippen LogP contribution is -2.09. The highest BCUT2D eigenvalue weighted by Crippen LogP contribution is 2.24. The third kappa shape index (κ3) is 3.42. The van der Waals surface area contributed by atoms with Gasteiger partial charge in [0.2, 0.25) is 0 Å². The minimum absolute atomic E-state index is 0.0101. The fraction of sp³-hybridized carbons (Fsp3) is 0.455. The highest BCUT2D eigenvalue weighted by atomic mass is 16.5. The highest BCUT2D eigenvalue weighted by molar-refractivity contribution is 5.40. The number of rotatable bonds is 6. The monoisotopic (exact) mass is 211 g/mol. The summed E-state index contributed by atoms with van der Waals surface area (Å²) in [5.41, 5.74) is 1.05. The van der Waals surface area contributed by atoms with Crippen LogP contribution in [-0.4, -0.2) is 32.5 Å². The van der Waals surface area contributed by atoms with Gasteiger partial charge < -0.3 is 19.9 Å². The molecule has 0 aromatic heterocycles. The van der Waals surface area contributed by atoms with Crippen molar-refractivity contribution in [3.8, 4) is 11.5 Å². The Kier molecular flexibility index (Phi) is 4.93. The number of aliphatic hydroxyl groups is 1. The second-order valence-corrected chi connectivity index (χ2v) is 3.08. The van der Waals surface area contributed by atoms with Crippen molar-refractivity contribution in [2.75, 3.05) is 27.4 Å². The van der Waals surface area contributed by atoms with Crippen molar-refractivity contribution < 1.29 is 14.6 Å². The summed E-state index contributed by atoms with van der Waals surface area (Å²) in [6.45, 7) is 1.03. The van der Waals surface area contributed by atoms with Crippen molar-refractivity contribution in [2.24, 2.45) is 0 Å². The highest BCUT2D eigenvalue weighted by Gasteiger charge is 2.04. The number of benzene rings is 1. The van der Waals surface area contributed by atoms with Gasteiger partial charge in [0.05, 0.1) is 13.7 Å². The molecule has 0 radical (unpaired) electrons. The second-order valence-electron chi connectivity index (χ2n) is 3.08. The molecule has 0 spiro atoms. The van der Waals surface area contributed by atoms with Gasteiger partial charge in [-0.25, -0.2) is 0 Å². The van der Waals surface area contributed by atoms with Gasteiger partial charge in [-0.2, -0.15) is 0 Å². The molecule has 4 nitrogen and oxygen atoms in total. The lowest BCUT2D eigenvalue weighted by atomic mass is 10.2. The number of aliphatic hydroxyl groups excluding tert-OH is 1. The fourth-order valence-electron chi connectivity index (χ4n) is 1.29. The molecular weight excluding hydrogens is 194 g/mol. The maximum Gasteiger partial charge on any atom is 0.127 e. The van der Waals surface area contributed by atoms with Crippen LogP contribution >= 0.6 is 0 Å². The zero-order chi connectivity index (χ0) is 11.1. The molecule has 0 amide bonds. The smallest absolute Gasteiger partial charge is 0.127 e. The van der Waals surface area contributed by atoms with Gasteiger partial charge in [0.15, 0.2) is 0 Å². The lowest BCUT2D eigenvalue weighted by Gasteiger charge is -2.11. The van der Waals surface area contributed by atoms with Crippen LogP contribution in [0, 0.1) is 0 Å². The minimum Gasteiger partial charge on any atom is -0.497 e. The van der Waals surface area contributed by atoms with Crippen molar-refractivity contribution in [2.45, 2.75) is 6.54 Å². The number of ether oxygens (including phenoxy) is 2. The molecule has 4 heteroatoms. The zero-order valence-electron chi connectivity index (χ0n) is 9.12. The van der Waals surface area contributed by atoms with Crippen molar-refractivity contribution in [1.82, 2.24) is 5.32 Å². The van der Waals surface area contributed by atoms with Gasteiger partial charge in [0.1, 0.15) is 18.1 Å². The summed E-state index contributed by atoms with van der Waals surface area (Å²) in [6, 6.07) is 5.66. The minimum atomic E-state index is 0.0101. The zero-order valence-corrected chi connectivity index (χ0v) is 9.12. The van der Waals surface area contributed by atoms with Crippen molar-refractivity contribution in [1.29, 1.82) is 0 Å². The van der Waals surface area contributed by atoms with Crippen LogP contribution in [0.3, 0.4) is 0 Å². The predicted octanol–water partition coefficient (Wildman–Crippen LogP) is 0.786. The Bertz CT molecular complexity index is 302. The van der Waals surface area contributed by atoms with E-state index in [9.17, 15) is 0 Å². The first-order chi connectivity index (χ1) is 7.31. The van der Waals surface area contributed by atoms with E-state index in [0.29, 0.717) is 6.61 Å². The van der Waals surface area contributed by atoms with Gasteiger partial charge >= 0.3 is 0 Å². The Morgan fingerprint density at radius 3 is 2.80 bits per heavy atom. The SMILES string of the molecule is CNCc1ccc(OC)cc1OCCO. The molecule has 0 saturated carbocycles. The van der Waals surface area contributed by atoms with Crippen LogP contribution in [0.5, 0.6) is 11.5 Å². The van der Waals surface area contributed by atoms with E-state index in [2.05, 4.69) is 5.32 Å². The fourth-order valence-corrected chi connectivity index (χ4v) is 1.29. The van der Waals surface area contributed by atoms with Crippen LogP contribution in [-0.2, 0) is 6.54 Å². The van der Waals surface area contributed by atoms with Gasteiger partial charge in [-0.05, 0) is 13.1 Å². The van der Waals surface area contributed by atoms with E-state index in [0.717, 1.165) is 23.6 Å². The van der Waals surface area contributed by atoms with Crippen molar-refractivity contribution >= 4 is 0 Å². The molecule has 0 unspecified atom stereocenters. The average Bonchev–Trinajstić information content (AvgIpc) is 2.28. The summed E-state index contributed by atoms with van der Waals surface area (Å²) in [6.07, 6.45) is 0. The summed E-state index contributed by atoms with van der Waals surface area (Å²) in [4.78, 5) is 0. The van der Waals surface area contributed by atoms with E-state index in [1.54, 1.807) is 7.11 Å². The molecule has 0 saturated heterocycles. The maximum atomic E-state index is 8.70. The Hall–Kier alpha value is -1.26. The first kappa shape index (κ1) is 11.8. The molecular formula is C11H17NO3. The van der Waals surface area contributed by atoms with Crippen LogP contribution in [0.25, 0.3) is 0 Å². The summed E-state index contributed by atoms with van der Waals surface area (Å²) in [5, 5.41) is 11.8. The Labute approximate surface area is 89.8 Å². The van der Waals surface area contributed by atoms with E-state index in [4.69, 9.17) is 14.6 Å². The molecule has 1 aromatic carbocycles. The number of hydrogen-bond donors (Lipinski definition) is 2. The molecule has 2 N–H and O–H groups in total. The summed E-state index contributed by atoms with van der Waals surface area (Å²) >= 11 is 0. The molecule has 15 heavy (non-hydrogen) atoms. The lowest BCUT2D eigenvalue weighted by molar-refractivity contribution is 0.199. The van der Waals surface area contributed by atoms with Crippen LogP contribution in [0.2, 0.25) is 0 Å². The summed E-state index contributed by atoms with van der Waals surface area (Å²) < 4.78 is 10.5. The normalized spacial score (nSPS) is 10.1. The van der Waals surface area contributed by atoms with Gasteiger partial charge in [0.25, 0.3) is 0 Å². The average molecular weight is 211 g/mol. The molecule has 0 bridgehead atoms. The number of methoxy groups -OCH3 is 1. The van der Waals surface area contributed by atoms with E-state index < -0.39 is 0 Å². The standard InChI is InChI=1S/C11H17NO3/c1-12-8-9-3-4-10(14-2)7-11(9)15-6-5-13/h3-4,7,12-13H,5-6,8H2,1-2H3. The molecule has 0 heterocycles. The molecule has 0 fully saturated rings. The van der Waals surface area contributed by atoms with Gasteiger partial charge in [-0.3, -0.25) is 0 Å². The van der Waals surface area contributed by atoms with Gasteiger partial charge in [-0.15, -0.1) is 0 Å². The molecule has 0 aliphatic heterocycles. The first-order valence-electron chi connectivity index (χ1n) is 4.87. The summed E-state index contributed by atoms with van der Waals surface area (Å²) in [7, 11) is 3.49. The predicted molar refractivity (Wildman–Crippen MR) is 58.3 cm³/mol. The van der Waals surface area contributed by atoms with E-state index in [1.807, 2.05) is 25.2 Å². The van der Waals surface area contributed by atoms with E-state index in [1.165, 1.54) is 0 Å². The maximum absolute atomic E-state index is 8.70. The Balaban J connectivity index is 2.83. The largest absolute Gasteiger partial charge is 0.497 e. The van der Waals surface area contributed by atoms with Crippen molar-refractivity contribution in [3.05, 3.63) is 23.8 Å². The third-order valence-corrected chi connectivity index (χ3v) is 1.99. The molecule has 0 aliphatic rings. The molecule has 1 rings (SSSR count). The number of hydrogen-bond acceptors (Lipinski definition) is 4. The molecule has 0 aliphatic carbocycles. The van der Waals surface area contributed by atoms with E-state index in [-0.39, 0.29) is 6.61 Å². The Morgan fingerprint density at radius 2 is 2.20 bits per heavy atom. The summed E-state index contributed by atoms with van der Waals surface area (Å²) in [5.74, 6) is 1.50. The van der Waals surface area contributed by atoms with Crippen LogP contribution in [0.4, 0.5) is 0 Å². The molecule has 1 aromatic rings. The van der Waals surface area contributed by atoms with Gasteiger partial charge in [0, 0.05) is 18.2 Å². The topological polar surface area (TPSA) is 50.7 Å². The van der Waals surface area contributed by atoms with Crippen LogP contribution < -0.4 is 14.8 Å². The third-order valence-electron chi connectivity index (χ3n) is 1.99. The quantitative estimate of drug-likeness (QED) is 0.730. The Morgan fingerprint density at radius 1 is 1.40 bits per heavy atom. The number of nitrogens with one attached hydrogen (secondary N) is 1. The molecule has 0 atom stereocenters. The van der Waals surface area contributed by atoms with Crippen LogP contribution in [0.15, 0.2) is 18.2 Å². The van der Waals surface area contributed by atoms with Crippen LogP contribution in [0.1, 0.15) is 5.56 Å². The molecule has 84 valence electrons. The first-order valence-corrected chi connectivity index (χ1v) is 4.87.